The highest BCUT2D eigenvalue weighted by Gasteiger charge is 2.73. The van der Waals surface area contributed by atoms with E-state index < -0.39 is 0 Å². The molecular formula is C43H71NO6. The van der Waals surface area contributed by atoms with Crippen molar-refractivity contribution in [3.63, 3.8) is 0 Å². The summed E-state index contributed by atoms with van der Waals surface area (Å²) in [6.07, 6.45) is 16.6. The van der Waals surface area contributed by atoms with Crippen LogP contribution >= 0.6 is 0 Å². The van der Waals surface area contributed by atoms with Crippen molar-refractivity contribution in [3.8, 4) is 0 Å². The summed E-state index contributed by atoms with van der Waals surface area (Å²) in [7, 11) is 1.69. The molecule has 6 aliphatic carbocycles. The number of carbonyl (C=O) groups is 2. The zero-order valence-electron chi connectivity index (χ0n) is 33.1. The zero-order chi connectivity index (χ0) is 35.7. The van der Waals surface area contributed by atoms with Crippen molar-refractivity contribution in [2.45, 2.75) is 151 Å². The Morgan fingerprint density at radius 2 is 1.40 bits per heavy atom. The molecule has 0 aromatic rings. The topological polar surface area (TPSA) is 74.3 Å². The molecule has 7 aliphatic rings. The maximum atomic E-state index is 15.1. The van der Waals surface area contributed by atoms with Crippen molar-refractivity contribution in [2.24, 2.45) is 62.1 Å². The highest BCUT2D eigenvalue weighted by molar-refractivity contribution is 5.84. The van der Waals surface area contributed by atoms with Gasteiger partial charge >= 0.3 is 5.97 Å². The number of esters is 1. The minimum atomic E-state index is -0.183. The fraction of sp³-hybridized carbons (Fsp3) is 0.953. The number of methoxy groups -OCH3 is 1. The van der Waals surface area contributed by atoms with Crippen LogP contribution in [0.3, 0.4) is 0 Å². The third-order valence-electron chi connectivity index (χ3n) is 17.8. The van der Waals surface area contributed by atoms with E-state index in [0.717, 1.165) is 51.6 Å². The first-order chi connectivity index (χ1) is 23.7. The summed E-state index contributed by atoms with van der Waals surface area (Å²) in [5.41, 5.74) is 0.997. The molecule has 7 fully saturated rings. The van der Waals surface area contributed by atoms with E-state index in [0.29, 0.717) is 67.3 Å². The molecule has 0 bridgehead atoms. The molecule has 7 heteroatoms. The number of ether oxygens (including phenoxy) is 4. The largest absolute Gasteiger partial charge is 0.462 e. The van der Waals surface area contributed by atoms with Gasteiger partial charge in [0.1, 0.15) is 6.10 Å². The summed E-state index contributed by atoms with van der Waals surface area (Å²) in [4.78, 5) is 29.5. The maximum absolute atomic E-state index is 15.1. The van der Waals surface area contributed by atoms with Gasteiger partial charge in [0.25, 0.3) is 0 Å². The van der Waals surface area contributed by atoms with Gasteiger partial charge in [0.05, 0.1) is 37.9 Å². The highest BCUT2D eigenvalue weighted by Crippen LogP contribution is 2.79. The molecular weight excluding hydrogens is 626 g/mol. The number of hydrogen-bond acceptors (Lipinski definition) is 6. The van der Waals surface area contributed by atoms with Crippen LogP contribution in [0.5, 0.6) is 0 Å². The van der Waals surface area contributed by atoms with Crippen molar-refractivity contribution >= 4 is 11.9 Å². The third kappa shape index (κ3) is 5.74. The van der Waals surface area contributed by atoms with E-state index in [-0.39, 0.29) is 45.3 Å². The number of fused-ring (bicyclic) bond motifs is 7. The summed E-state index contributed by atoms with van der Waals surface area (Å²) in [6.45, 7) is 21.1. The molecule has 284 valence electrons. The Hall–Kier alpha value is -1.18. The predicted octanol–water partition coefficient (Wildman–Crippen LogP) is 8.47. The SMILES string of the molecule is COCCOCCOC1CCN(C(=O)C23CCC(C4(C)CC4)C2C2CCC4C5(C)CCC(OC(C)=O)C(C)(C)C5CCC4(C)C2(C)CC3)CC1. The molecule has 0 aromatic carbocycles. The first-order valence-electron chi connectivity index (χ1n) is 20.8. The molecule has 50 heavy (non-hydrogen) atoms. The van der Waals surface area contributed by atoms with Gasteiger partial charge in [0.15, 0.2) is 0 Å². The Balaban J connectivity index is 1.10. The van der Waals surface area contributed by atoms with E-state index in [1.165, 1.54) is 51.4 Å². The molecule has 7 nitrogen and oxygen atoms in total. The van der Waals surface area contributed by atoms with E-state index in [9.17, 15) is 4.79 Å². The molecule has 10 unspecified atom stereocenters. The van der Waals surface area contributed by atoms with Crippen molar-refractivity contribution in [3.05, 3.63) is 0 Å². The van der Waals surface area contributed by atoms with Gasteiger partial charge in [-0.3, -0.25) is 9.59 Å². The zero-order valence-corrected chi connectivity index (χ0v) is 33.1. The lowest BCUT2D eigenvalue weighted by molar-refractivity contribution is -0.251. The molecule has 0 spiro atoms. The fourth-order valence-electron chi connectivity index (χ4n) is 14.8. The number of rotatable bonds is 10. The van der Waals surface area contributed by atoms with Crippen molar-refractivity contribution in [1.82, 2.24) is 4.90 Å². The second-order valence-electron chi connectivity index (χ2n) is 20.1. The molecule has 0 N–H and O–H groups in total. The van der Waals surface area contributed by atoms with E-state index in [1.807, 2.05) is 0 Å². The quantitative estimate of drug-likeness (QED) is 0.169. The molecule has 1 saturated heterocycles. The Labute approximate surface area is 304 Å². The fourth-order valence-corrected chi connectivity index (χ4v) is 14.8. The number of nitrogens with zero attached hydrogens (tertiary/aromatic N) is 1. The third-order valence-corrected chi connectivity index (χ3v) is 17.8. The highest BCUT2D eigenvalue weighted by atomic mass is 16.5. The smallest absolute Gasteiger partial charge is 0.302 e. The maximum Gasteiger partial charge on any atom is 0.302 e. The molecule has 7 rings (SSSR count). The van der Waals surface area contributed by atoms with Crippen LogP contribution in [0.4, 0.5) is 0 Å². The lowest BCUT2D eigenvalue weighted by Gasteiger charge is -2.73. The van der Waals surface area contributed by atoms with Crippen molar-refractivity contribution in [2.75, 3.05) is 46.6 Å². The summed E-state index contributed by atoms with van der Waals surface area (Å²) in [5.74, 6) is 3.43. The number of carbonyl (C=O) groups excluding carboxylic acids is 2. The minimum Gasteiger partial charge on any atom is -0.462 e. The summed E-state index contributed by atoms with van der Waals surface area (Å²) >= 11 is 0. The van der Waals surface area contributed by atoms with Crippen LogP contribution in [0.15, 0.2) is 0 Å². The molecule has 10 atom stereocenters. The molecule has 1 heterocycles. The molecule has 1 amide bonds. The number of likely N-dealkylation sites (tertiary alicyclic amines) is 1. The lowest BCUT2D eigenvalue weighted by Crippen LogP contribution is -2.67. The number of piperidine rings is 1. The van der Waals surface area contributed by atoms with Crippen LogP contribution in [-0.2, 0) is 28.5 Å². The van der Waals surface area contributed by atoms with Crippen LogP contribution < -0.4 is 0 Å². The Kier molecular flexibility index (Phi) is 9.87. The van der Waals surface area contributed by atoms with Gasteiger partial charge in [0, 0.05) is 32.5 Å². The second-order valence-corrected chi connectivity index (χ2v) is 20.1. The van der Waals surface area contributed by atoms with Crippen LogP contribution in [0, 0.1) is 62.1 Å². The Bertz CT molecular complexity index is 1270. The van der Waals surface area contributed by atoms with Gasteiger partial charge in [0.2, 0.25) is 5.91 Å². The number of hydrogen-bond donors (Lipinski definition) is 0. The summed E-state index contributed by atoms with van der Waals surface area (Å²) < 4.78 is 22.9. The van der Waals surface area contributed by atoms with Crippen LogP contribution in [0.2, 0.25) is 0 Å². The van der Waals surface area contributed by atoms with Crippen molar-refractivity contribution < 1.29 is 28.5 Å². The average molecular weight is 698 g/mol. The van der Waals surface area contributed by atoms with Gasteiger partial charge in [-0.2, -0.15) is 0 Å². The number of amides is 1. The van der Waals surface area contributed by atoms with Crippen LogP contribution in [0.1, 0.15) is 138 Å². The Morgan fingerprint density at radius 3 is 2.08 bits per heavy atom. The molecule has 0 radical (unpaired) electrons. The van der Waals surface area contributed by atoms with Gasteiger partial charge in [-0.1, -0.05) is 41.5 Å². The van der Waals surface area contributed by atoms with E-state index in [2.05, 4.69) is 46.4 Å². The van der Waals surface area contributed by atoms with Crippen LogP contribution in [-0.4, -0.2) is 75.6 Å². The van der Waals surface area contributed by atoms with Gasteiger partial charge < -0.3 is 23.8 Å². The van der Waals surface area contributed by atoms with Gasteiger partial charge in [-0.15, -0.1) is 0 Å². The van der Waals surface area contributed by atoms with E-state index >= 15 is 4.79 Å². The standard InChI is InChI=1S/C43H71NO6/c1-29(45)50-35-13-16-40(5)33(38(35,2)3)12-17-42(7)34(40)10-9-32-36-31(39(4)19-20-39)11-18-43(36,22-21-41(32,42)6)37(46)44-23-14-30(15-24-44)49-28-27-48-26-25-47-8/h30-36H,9-28H2,1-8H3. The molecule has 1 aliphatic heterocycles. The second kappa shape index (κ2) is 13.3. The monoisotopic (exact) mass is 698 g/mol. The lowest BCUT2D eigenvalue weighted by atomic mass is 9.32. The normalized spacial score (nSPS) is 44.8. The van der Waals surface area contributed by atoms with E-state index in [1.54, 1.807) is 14.0 Å². The van der Waals surface area contributed by atoms with Gasteiger partial charge in [-0.05, 0) is 141 Å². The van der Waals surface area contributed by atoms with E-state index in [4.69, 9.17) is 18.9 Å². The Morgan fingerprint density at radius 1 is 0.680 bits per heavy atom. The summed E-state index contributed by atoms with van der Waals surface area (Å²) in [5, 5.41) is 0. The van der Waals surface area contributed by atoms with Crippen LogP contribution in [0.25, 0.3) is 0 Å². The molecule has 0 aromatic heterocycles. The molecule has 6 saturated carbocycles. The minimum absolute atomic E-state index is 0.0145. The first-order valence-corrected chi connectivity index (χ1v) is 20.8. The average Bonchev–Trinajstić information content (AvgIpc) is 3.69. The van der Waals surface area contributed by atoms with Crippen molar-refractivity contribution in [1.29, 1.82) is 0 Å². The summed E-state index contributed by atoms with van der Waals surface area (Å²) in [6, 6.07) is 0. The van der Waals surface area contributed by atoms with Gasteiger partial charge in [-0.25, -0.2) is 0 Å². The first kappa shape index (κ1) is 37.1. The predicted molar refractivity (Wildman–Crippen MR) is 195 cm³/mol.